The lowest BCUT2D eigenvalue weighted by Gasteiger charge is -2.36. The van der Waals surface area contributed by atoms with Gasteiger partial charge in [-0.2, -0.15) is 0 Å². The molecular weight excluding hydrogens is 336 g/mol. The molecule has 146 valence electrons. The van der Waals surface area contributed by atoms with Crippen LogP contribution in [0.15, 0.2) is 67.8 Å². The van der Waals surface area contributed by atoms with E-state index in [0.717, 1.165) is 30.6 Å². The second-order valence-electron chi connectivity index (χ2n) is 8.92. The Hall–Kier alpha value is -2.08. The van der Waals surface area contributed by atoms with E-state index < -0.39 is 0 Å². The van der Waals surface area contributed by atoms with Gasteiger partial charge in [-0.15, -0.1) is 13.2 Å². The van der Waals surface area contributed by atoms with Crippen molar-refractivity contribution in [3.05, 3.63) is 84.5 Å². The minimum absolute atomic E-state index is 0.776. The lowest BCUT2D eigenvalue weighted by atomic mass is 9.69. The molecule has 0 heteroatoms. The van der Waals surface area contributed by atoms with Crippen LogP contribution in [0.4, 0.5) is 0 Å². The monoisotopic (exact) mass is 370 g/mol. The Labute approximate surface area is 171 Å². The lowest BCUT2D eigenvalue weighted by molar-refractivity contribution is 0.206. The van der Waals surface area contributed by atoms with Crippen LogP contribution in [0, 0.1) is 17.8 Å². The summed E-state index contributed by atoms with van der Waals surface area (Å²) >= 11 is 0. The summed E-state index contributed by atoms with van der Waals surface area (Å²) in [6, 6.07) is 16.3. The number of fused-ring (bicyclic) bond motifs is 1. The van der Waals surface area contributed by atoms with Crippen molar-refractivity contribution in [3.63, 3.8) is 0 Å². The van der Waals surface area contributed by atoms with Gasteiger partial charge < -0.3 is 0 Å². The molecule has 2 aliphatic carbocycles. The van der Waals surface area contributed by atoms with E-state index in [2.05, 4.69) is 61.7 Å². The van der Waals surface area contributed by atoms with E-state index in [4.69, 9.17) is 0 Å². The molecule has 1 saturated carbocycles. The lowest BCUT2D eigenvalue weighted by Crippen LogP contribution is -2.26. The van der Waals surface area contributed by atoms with Crippen molar-refractivity contribution < 1.29 is 0 Å². The zero-order chi connectivity index (χ0) is 19.3. The van der Waals surface area contributed by atoms with Gasteiger partial charge in [-0.1, -0.05) is 54.6 Å². The Bertz CT molecular complexity index is 802. The largest absolute Gasteiger partial charge is 0.103 e. The first kappa shape index (κ1) is 19.2. The average Bonchev–Trinajstić information content (AvgIpc) is 2.77. The van der Waals surface area contributed by atoms with Crippen molar-refractivity contribution in [2.45, 2.75) is 57.8 Å². The molecule has 0 aromatic heterocycles. The quantitative estimate of drug-likeness (QED) is 0.460. The molecule has 1 fully saturated rings. The zero-order valence-corrected chi connectivity index (χ0v) is 17.2. The molecule has 0 spiro atoms. The van der Waals surface area contributed by atoms with Crippen LogP contribution in [0.1, 0.15) is 55.2 Å². The fraction of sp³-hybridized carbons (Fsp3) is 0.429. The third-order valence-corrected chi connectivity index (χ3v) is 7.21. The Morgan fingerprint density at radius 2 is 1.54 bits per heavy atom. The first-order chi connectivity index (χ1) is 13.8. The Morgan fingerprint density at radius 1 is 0.786 bits per heavy atom. The molecule has 2 aliphatic rings. The summed E-state index contributed by atoms with van der Waals surface area (Å²) in [5.41, 5.74) is 7.31. The van der Waals surface area contributed by atoms with Crippen LogP contribution in [-0.2, 0) is 19.3 Å². The highest BCUT2D eigenvalue weighted by molar-refractivity contribution is 5.65. The van der Waals surface area contributed by atoms with Gasteiger partial charge in [0.2, 0.25) is 0 Å². The van der Waals surface area contributed by atoms with Gasteiger partial charge in [0.15, 0.2) is 0 Å². The smallest absolute Gasteiger partial charge is 0.0181 e. The second-order valence-corrected chi connectivity index (χ2v) is 8.92. The van der Waals surface area contributed by atoms with E-state index in [9.17, 15) is 0 Å². The summed E-state index contributed by atoms with van der Waals surface area (Å²) in [4.78, 5) is 0. The molecule has 1 atom stereocenters. The van der Waals surface area contributed by atoms with Gasteiger partial charge in [0.25, 0.3) is 0 Å². The maximum atomic E-state index is 4.00. The van der Waals surface area contributed by atoms with Gasteiger partial charge in [0.05, 0.1) is 0 Å². The maximum Gasteiger partial charge on any atom is -0.0181 e. The van der Waals surface area contributed by atoms with Gasteiger partial charge >= 0.3 is 0 Å². The van der Waals surface area contributed by atoms with E-state index in [1.807, 2.05) is 6.08 Å². The van der Waals surface area contributed by atoms with Gasteiger partial charge in [0.1, 0.15) is 0 Å². The number of aryl methyl sites for hydroxylation is 2. The zero-order valence-electron chi connectivity index (χ0n) is 17.2. The van der Waals surface area contributed by atoms with E-state index in [1.165, 1.54) is 61.6 Å². The Morgan fingerprint density at radius 3 is 2.25 bits per heavy atom. The summed E-state index contributed by atoms with van der Waals surface area (Å²) < 4.78 is 0. The van der Waals surface area contributed by atoms with Crippen LogP contribution >= 0.6 is 0 Å². The summed E-state index contributed by atoms with van der Waals surface area (Å²) in [5.74, 6) is 2.61. The molecule has 4 rings (SSSR count). The molecule has 0 nitrogen and oxygen atoms in total. The second kappa shape index (κ2) is 8.95. The highest BCUT2D eigenvalue weighted by Crippen LogP contribution is 2.40. The predicted octanol–water partition coefficient (Wildman–Crippen LogP) is 7.57. The molecule has 0 amide bonds. The van der Waals surface area contributed by atoms with Gasteiger partial charge in [-0.3, -0.25) is 0 Å². The highest BCUT2D eigenvalue weighted by atomic mass is 14.3. The standard InChI is InChI=1S/C28H34/c1-3-5-6-22-9-13-24(14-10-22)26-16-18-27-19-25(15-17-28(27)20-26)23-11-7-21(4-2)8-12-23/h3-4,9-10,13-14,16,18,20-21,23,25H,1-2,5-8,11-12,15,17,19H2. The number of hydrogen-bond donors (Lipinski definition) is 0. The number of benzene rings is 2. The van der Waals surface area contributed by atoms with Crippen LogP contribution in [0.3, 0.4) is 0 Å². The average molecular weight is 371 g/mol. The minimum atomic E-state index is 0.776. The summed E-state index contributed by atoms with van der Waals surface area (Å²) in [6.45, 7) is 7.82. The Kier molecular flexibility index (Phi) is 6.15. The van der Waals surface area contributed by atoms with Crippen molar-refractivity contribution in [2.75, 3.05) is 0 Å². The van der Waals surface area contributed by atoms with Crippen LogP contribution in [0.5, 0.6) is 0 Å². The van der Waals surface area contributed by atoms with E-state index in [-0.39, 0.29) is 0 Å². The summed E-state index contributed by atoms with van der Waals surface area (Å²) in [7, 11) is 0. The van der Waals surface area contributed by atoms with Crippen molar-refractivity contribution in [3.8, 4) is 11.1 Å². The summed E-state index contributed by atoms with van der Waals surface area (Å²) in [5, 5.41) is 0. The van der Waals surface area contributed by atoms with Crippen LogP contribution in [0.2, 0.25) is 0 Å². The van der Waals surface area contributed by atoms with E-state index in [1.54, 1.807) is 11.1 Å². The fourth-order valence-corrected chi connectivity index (χ4v) is 5.35. The fourth-order valence-electron chi connectivity index (χ4n) is 5.35. The van der Waals surface area contributed by atoms with Crippen molar-refractivity contribution in [2.24, 2.45) is 17.8 Å². The molecule has 2 aromatic rings. The number of hydrogen-bond acceptors (Lipinski definition) is 0. The SMILES string of the molecule is C=CCCc1ccc(-c2ccc3c(c2)CCC(C2CCC(C=C)CC2)C3)cc1. The molecule has 0 radical (unpaired) electrons. The van der Waals surface area contributed by atoms with Gasteiger partial charge in [-0.05, 0) is 103 Å². The Balaban J connectivity index is 1.42. The maximum absolute atomic E-state index is 4.00. The van der Waals surface area contributed by atoms with Gasteiger partial charge in [-0.25, -0.2) is 0 Å². The third-order valence-electron chi connectivity index (χ3n) is 7.21. The molecule has 2 aromatic carbocycles. The highest BCUT2D eigenvalue weighted by Gasteiger charge is 2.29. The molecular formula is C28H34. The molecule has 28 heavy (non-hydrogen) atoms. The number of rotatable bonds is 6. The predicted molar refractivity (Wildman–Crippen MR) is 122 cm³/mol. The molecule has 0 heterocycles. The van der Waals surface area contributed by atoms with Crippen LogP contribution in [0.25, 0.3) is 11.1 Å². The molecule has 0 aliphatic heterocycles. The molecule has 0 saturated heterocycles. The van der Waals surface area contributed by atoms with E-state index >= 15 is 0 Å². The normalized spacial score (nSPS) is 24.4. The van der Waals surface area contributed by atoms with E-state index in [0.29, 0.717) is 0 Å². The number of allylic oxidation sites excluding steroid dienone is 2. The minimum Gasteiger partial charge on any atom is -0.103 e. The van der Waals surface area contributed by atoms with Crippen LogP contribution in [-0.4, -0.2) is 0 Å². The molecule has 1 unspecified atom stereocenters. The van der Waals surface area contributed by atoms with Crippen molar-refractivity contribution in [1.29, 1.82) is 0 Å². The van der Waals surface area contributed by atoms with Crippen molar-refractivity contribution >= 4 is 0 Å². The first-order valence-electron chi connectivity index (χ1n) is 11.2. The van der Waals surface area contributed by atoms with Gasteiger partial charge in [0, 0.05) is 0 Å². The first-order valence-corrected chi connectivity index (χ1v) is 11.2. The molecule has 0 N–H and O–H groups in total. The van der Waals surface area contributed by atoms with Crippen molar-refractivity contribution in [1.82, 2.24) is 0 Å². The molecule has 0 bridgehead atoms. The van der Waals surface area contributed by atoms with Crippen LogP contribution < -0.4 is 0 Å². The summed E-state index contributed by atoms with van der Waals surface area (Å²) in [6.07, 6.45) is 15.8. The topological polar surface area (TPSA) is 0 Å². The third kappa shape index (κ3) is 4.32.